The summed E-state index contributed by atoms with van der Waals surface area (Å²) in [6.07, 6.45) is 0. The van der Waals surface area contributed by atoms with Gasteiger partial charge in [0.2, 0.25) is 0 Å². The van der Waals surface area contributed by atoms with Gasteiger partial charge < -0.3 is 0 Å². The minimum absolute atomic E-state index is 0.177. The molecule has 0 aromatic heterocycles. The van der Waals surface area contributed by atoms with Crippen molar-refractivity contribution in [2.75, 3.05) is 5.75 Å². The number of nitrogens with zero attached hydrogens (tertiary/aromatic N) is 3. The highest BCUT2D eigenvalue weighted by Gasteiger charge is 2.37. The van der Waals surface area contributed by atoms with Crippen LogP contribution in [0, 0.1) is 11.3 Å². The van der Waals surface area contributed by atoms with Crippen molar-refractivity contribution in [2.24, 2.45) is 9.98 Å². The maximum Gasteiger partial charge on any atom is 0.282 e. The van der Waals surface area contributed by atoms with E-state index in [4.69, 9.17) is 4.99 Å². The number of carbonyl (C=O) groups is 1. The van der Waals surface area contributed by atoms with E-state index in [2.05, 4.69) is 47.5 Å². The molecule has 0 saturated heterocycles. The van der Waals surface area contributed by atoms with Crippen molar-refractivity contribution in [1.29, 1.82) is 5.26 Å². The van der Waals surface area contributed by atoms with Gasteiger partial charge in [-0.15, -0.1) is 0 Å². The highest BCUT2D eigenvalue weighted by atomic mass is 32.2. The Labute approximate surface area is 215 Å². The number of hydrogen-bond acceptors (Lipinski definition) is 4. The van der Waals surface area contributed by atoms with Gasteiger partial charge in [0, 0.05) is 5.56 Å². The molecule has 0 N–H and O–H groups in total. The van der Waals surface area contributed by atoms with E-state index in [-0.39, 0.29) is 11.7 Å². The molecule has 0 aliphatic carbocycles. The van der Waals surface area contributed by atoms with Crippen LogP contribution in [0.3, 0.4) is 0 Å². The van der Waals surface area contributed by atoms with Crippen molar-refractivity contribution in [3.8, 4) is 6.07 Å². The quantitative estimate of drug-likeness (QED) is 0.368. The number of amidine groups is 1. The molecular formula is C30H22N3OPS. The molecule has 6 heteroatoms. The third-order valence-electron chi connectivity index (χ3n) is 5.89. The highest BCUT2D eigenvalue weighted by Crippen LogP contribution is 2.48. The van der Waals surface area contributed by atoms with E-state index < -0.39 is 6.89 Å². The van der Waals surface area contributed by atoms with Gasteiger partial charge in [0.1, 0.15) is 5.04 Å². The molecule has 36 heavy (non-hydrogen) atoms. The first-order valence-corrected chi connectivity index (χ1v) is 14.2. The van der Waals surface area contributed by atoms with Crippen LogP contribution >= 0.6 is 18.6 Å². The van der Waals surface area contributed by atoms with Gasteiger partial charge in [0.25, 0.3) is 5.91 Å². The fourth-order valence-corrected chi connectivity index (χ4v) is 9.79. The zero-order valence-corrected chi connectivity index (χ0v) is 21.1. The largest absolute Gasteiger partial charge is 0.282 e. The molecule has 1 heterocycles. The van der Waals surface area contributed by atoms with Crippen LogP contribution in [0.4, 0.5) is 0 Å². The highest BCUT2D eigenvalue weighted by molar-refractivity contribution is 8.18. The Morgan fingerprint density at radius 1 is 0.667 bits per heavy atom. The van der Waals surface area contributed by atoms with E-state index >= 15 is 0 Å². The van der Waals surface area contributed by atoms with Crippen molar-refractivity contribution in [2.45, 2.75) is 0 Å². The Morgan fingerprint density at radius 2 is 1.11 bits per heavy atom. The summed E-state index contributed by atoms with van der Waals surface area (Å²) in [6.45, 7) is -2.70. The summed E-state index contributed by atoms with van der Waals surface area (Å²) in [6, 6.07) is 42.1. The van der Waals surface area contributed by atoms with Gasteiger partial charge in [0.05, 0.1) is 17.1 Å². The lowest BCUT2D eigenvalue weighted by Gasteiger charge is -2.32. The van der Waals surface area contributed by atoms with Crippen LogP contribution in [0.15, 0.2) is 131 Å². The zero-order chi connectivity index (χ0) is 24.8. The molecule has 0 unspecified atom stereocenters. The lowest BCUT2D eigenvalue weighted by atomic mass is 10.2. The second-order valence-corrected chi connectivity index (χ2v) is 12.3. The standard InChI is InChI=1S/C30H22N3OPS/c31-21-22-36-30-27(29(34)32-28(33-30)23-13-5-1-6-14-23)35(24-15-7-2-8-16-24,25-17-9-3-10-18-25)26-19-11-4-12-20-26/h1-20H,22H2. The molecule has 0 atom stereocenters. The first kappa shape index (κ1) is 23.8. The Balaban J connectivity index is 1.93. The van der Waals surface area contributed by atoms with Crippen LogP contribution in [0.5, 0.6) is 0 Å². The van der Waals surface area contributed by atoms with E-state index in [1.54, 1.807) is 0 Å². The van der Waals surface area contributed by atoms with E-state index in [1.165, 1.54) is 11.8 Å². The van der Waals surface area contributed by atoms with E-state index in [0.29, 0.717) is 16.2 Å². The summed E-state index contributed by atoms with van der Waals surface area (Å²) in [5.41, 5.74) is 0.767. The summed E-state index contributed by atoms with van der Waals surface area (Å²) in [7, 11) is 0. The van der Waals surface area contributed by atoms with Crippen LogP contribution in [0.2, 0.25) is 0 Å². The Bertz CT molecular complexity index is 1440. The minimum atomic E-state index is -2.70. The summed E-state index contributed by atoms with van der Waals surface area (Å²) >= 11 is 1.30. The Hall–Kier alpha value is -3.97. The molecule has 0 fully saturated rings. The molecule has 4 aromatic rings. The van der Waals surface area contributed by atoms with Crippen LogP contribution < -0.4 is 15.9 Å². The smallest absolute Gasteiger partial charge is 0.267 e. The van der Waals surface area contributed by atoms with Crippen molar-refractivity contribution >= 4 is 56.6 Å². The molecule has 1 aliphatic heterocycles. The maximum absolute atomic E-state index is 14.1. The Kier molecular flexibility index (Phi) is 7.09. The molecule has 0 radical (unpaired) electrons. The number of carbonyl (C=O) groups excluding carboxylic acids is 1. The number of nitriles is 1. The van der Waals surface area contributed by atoms with Crippen molar-refractivity contribution in [3.05, 3.63) is 127 Å². The topological polar surface area (TPSA) is 65.6 Å². The first-order valence-electron chi connectivity index (χ1n) is 11.5. The third-order valence-corrected chi connectivity index (χ3v) is 11.2. The molecule has 0 saturated carbocycles. The van der Waals surface area contributed by atoms with Gasteiger partial charge in [-0.3, -0.25) is 4.79 Å². The van der Waals surface area contributed by atoms with Gasteiger partial charge in [-0.25, -0.2) is 4.99 Å². The number of aliphatic imine (C=N–C) groups is 2. The van der Waals surface area contributed by atoms with Gasteiger partial charge in [0.15, 0.2) is 5.84 Å². The second-order valence-electron chi connectivity index (χ2n) is 8.00. The molecule has 4 nitrogen and oxygen atoms in total. The third kappa shape index (κ3) is 4.38. The predicted molar refractivity (Wildman–Crippen MR) is 154 cm³/mol. The lowest BCUT2D eigenvalue weighted by Crippen LogP contribution is -2.38. The van der Waals surface area contributed by atoms with E-state index in [1.807, 2.05) is 84.9 Å². The molecule has 1 amide bonds. The van der Waals surface area contributed by atoms with Crippen LogP contribution in [0.1, 0.15) is 5.56 Å². The zero-order valence-electron chi connectivity index (χ0n) is 19.4. The van der Waals surface area contributed by atoms with Gasteiger partial charge in [-0.2, -0.15) is 10.3 Å². The van der Waals surface area contributed by atoms with Crippen molar-refractivity contribution in [3.63, 3.8) is 0 Å². The summed E-state index contributed by atoms with van der Waals surface area (Å²) in [4.78, 5) is 23.6. The number of benzene rings is 4. The molecule has 1 aliphatic rings. The summed E-state index contributed by atoms with van der Waals surface area (Å²) in [5.74, 6) is 0.238. The van der Waals surface area contributed by atoms with Crippen LogP contribution in [-0.2, 0) is 4.79 Å². The van der Waals surface area contributed by atoms with Gasteiger partial charge in [-0.05, 0) is 22.8 Å². The number of amides is 1. The normalized spacial score (nSPS) is 13.5. The average molecular weight is 504 g/mol. The fraction of sp³-hybridized carbons (Fsp3) is 0.0333. The van der Waals surface area contributed by atoms with Crippen molar-refractivity contribution < 1.29 is 4.79 Å². The summed E-state index contributed by atoms with van der Waals surface area (Å²) < 4.78 is 0. The van der Waals surface area contributed by atoms with Gasteiger partial charge in [-0.1, -0.05) is 133 Å². The first-order chi connectivity index (χ1) is 17.7. The second kappa shape index (κ2) is 10.7. The van der Waals surface area contributed by atoms with Crippen LogP contribution in [0.25, 0.3) is 0 Å². The SMILES string of the molecule is N#CCSC1=NC(c2ccccc2)=NC(=O)C1=P(c1ccccc1)(c1ccccc1)c1ccccc1. The summed E-state index contributed by atoms with van der Waals surface area (Å²) in [5, 5.41) is 13.7. The Morgan fingerprint density at radius 3 is 1.56 bits per heavy atom. The fourth-order valence-electron chi connectivity index (χ4n) is 4.41. The molecule has 174 valence electrons. The molecule has 5 rings (SSSR count). The van der Waals surface area contributed by atoms with E-state index in [9.17, 15) is 10.1 Å². The molecule has 0 spiro atoms. The lowest BCUT2D eigenvalue weighted by molar-refractivity contribution is -0.111. The number of rotatable bonds is 5. The number of thioether (sulfide) groups is 1. The molecular weight excluding hydrogens is 481 g/mol. The van der Waals surface area contributed by atoms with Gasteiger partial charge >= 0.3 is 0 Å². The van der Waals surface area contributed by atoms with Crippen LogP contribution in [-0.4, -0.2) is 27.8 Å². The number of hydrogen-bond donors (Lipinski definition) is 0. The minimum Gasteiger partial charge on any atom is -0.267 e. The van der Waals surface area contributed by atoms with Crippen molar-refractivity contribution in [1.82, 2.24) is 0 Å². The average Bonchev–Trinajstić information content (AvgIpc) is 2.95. The molecule has 0 bridgehead atoms. The molecule has 4 aromatic carbocycles. The monoisotopic (exact) mass is 503 g/mol. The predicted octanol–water partition coefficient (Wildman–Crippen LogP) is 4.80. The maximum atomic E-state index is 14.1. The van der Waals surface area contributed by atoms with E-state index in [0.717, 1.165) is 21.5 Å².